The SMILES string of the molecule is CCCNC(N)=NCc1ccc(OCCCN(C)C)cc1. The summed E-state index contributed by atoms with van der Waals surface area (Å²) in [6, 6.07) is 8.02. The molecule has 0 aliphatic carbocycles. The van der Waals surface area contributed by atoms with E-state index in [4.69, 9.17) is 10.5 Å². The van der Waals surface area contributed by atoms with Gasteiger partial charge in [0.15, 0.2) is 5.96 Å². The zero-order valence-corrected chi connectivity index (χ0v) is 13.4. The van der Waals surface area contributed by atoms with Gasteiger partial charge in [0, 0.05) is 13.1 Å². The summed E-state index contributed by atoms with van der Waals surface area (Å²) in [5.41, 5.74) is 6.88. The lowest BCUT2D eigenvalue weighted by Gasteiger charge is -2.10. The van der Waals surface area contributed by atoms with Crippen LogP contribution in [0.15, 0.2) is 29.3 Å². The minimum Gasteiger partial charge on any atom is -0.494 e. The smallest absolute Gasteiger partial charge is 0.188 e. The number of benzene rings is 1. The molecule has 0 aromatic heterocycles. The predicted octanol–water partition coefficient (Wildman–Crippen LogP) is 1.83. The molecule has 0 unspecified atom stereocenters. The van der Waals surface area contributed by atoms with E-state index in [9.17, 15) is 0 Å². The summed E-state index contributed by atoms with van der Waals surface area (Å²) in [6.45, 7) is 5.32. The maximum absolute atomic E-state index is 5.75. The third-order valence-electron chi connectivity index (χ3n) is 2.93. The fraction of sp³-hybridized carbons (Fsp3) is 0.562. The van der Waals surface area contributed by atoms with Crippen LogP contribution in [0.4, 0.5) is 0 Å². The van der Waals surface area contributed by atoms with E-state index >= 15 is 0 Å². The summed E-state index contributed by atoms with van der Waals surface area (Å²) in [5, 5.41) is 3.06. The number of ether oxygens (including phenoxy) is 1. The van der Waals surface area contributed by atoms with Crippen molar-refractivity contribution < 1.29 is 4.74 Å². The fourth-order valence-electron chi connectivity index (χ4n) is 1.75. The molecule has 0 spiro atoms. The number of hydrogen-bond acceptors (Lipinski definition) is 3. The lowest BCUT2D eigenvalue weighted by molar-refractivity contribution is 0.281. The van der Waals surface area contributed by atoms with Gasteiger partial charge in [-0.25, -0.2) is 4.99 Å². The van der Waals surface area contributed by atoms with E-state index in [-0.39, 0.29) is 0 Å². The quantitative estimate of drug-likeness (QED) is 0.414. The molecule has 0 radical (unpaired) electrons. The molecule has 0 atom stereocenters. The van der Waals surface area contributed by atoms with Gasteiger partial charge in [0.1, 0.15) is 5.75 Å². The average molecular weight is 292 g/mol. The summed E-state index contributed by atoms with van der Waals surface area (Å²) in [4.78, 5) is 6.45. The molecule has 0 aliphatic heterocycles. The lowest BCUT2D eigenvalue weighted by Crippen LogP contribution is -2.32. The van der Waals surface area contributed by atoms with E-state index in [2.05, 4.69) is 36.2 Å². The van der Waals surface area contributed by atoms with Crippen molar-refractivity contribution in [3.8, 4) is 5.75 Å². The molecule has 5 nitrogen and oxygen atoms in total. The van der Waals surface area contributed by atoms with Gasteiger partial charge in [-0.05, 0) is 44.6 Å². The lowest BCUT2D eigenvalue weighted by atomic mass is 10.2. The minimum atomic E-state index is 0.501. The van der Waals surface area contributed by atoms with Crippen molar-refractivity contribution in [2.75, 3.05) is 33.8 Å². The summed E-state index contributed by atoms with van der Waals surface area (Å²) in [5.74, 6) is 1.40. The molecule has 1 aromatic rings. The highest BCUT2D eigenvalue weighted by atomic mass is 16.5. The van der Waals surface area contributed by atoms with E-state index in [1.165, 1.54) is 0 Å². The van der Waals surface area contributed by atoms with Crippen LogP contribution in [0, 0.1) is 0 Å². The van der Waals surface area contributed by atoms with Crippen molar-refractivity contribution in [3.63, 3.8) is 0 Å². The van der Waals surface area contributed by atoms with Crippen molar-refractivity contribution in [1.82, 2.24) is 10.2 Å². The second-order valence-electron chi connectivity index (χ2n) is 5.28. The molecule has 0 bridgehead atoms. The zero-order valence-electron chi connectivity index (χ0n) is 13.4. The van der Waals surface area contributed by atoms with Crippen LogP contribution in [-0.2, 0) is 6.54 Å². The number of aliphatic imine (C=N–C) groups is 1. The monoisotopic (exact) mass is 292 g/mol. The van der Waals surface area contributed by atoms with E-state index in [1.807, 2.05) is 24.3 Å². The Morgan fingerprint density at radius 1 is 1.29 bits per heavy atom. The molecule has 1 rings (SSSR count). The van der Waals surface area contributed by atoms with Crippen molar-refractivity contribution in [2.45, 2.75) is 26.3 Å². The Kier molecular flexibility index (Phi) is 8.28. The van der Waals surface area contributed by atoms with E-state index < -0.39 is 0 Å². The third kappa shape index (κ3) is 8.19. The van der Waals surface area contributed by atoms with Gasteiger partial charge in [-0.15, -0.1) is 0 Å². The van der Waals surface area contributed by atoms with Gasteiger partial charge in [0.2, 0.25) is 0 Å². The van der Waals surface area contributed by atoms with Crippen molar-refractivity contribution in [1.29, 1.82) is 0 Å². The van der Waals surface area contributed by atoms with Crippen LogP contribution < -0.4 is 15.8 Å². The molecular weight excluding hydrogens is 264 g/mol. The van der Waals surface area contributed by atoms with Gasteiger partial charge < -0.3 is 20.7 Å². The number of guanidine groups is 1. The molecule has 0 saturated heterocycles. The van der Waals surface area contributed by atoms with Crippen LogP contribution in [0.25, 0.3) is 0 Å². The molecule has 5 heteroatoms. The van der Waals surface area contributed by atoms with Crippen LogP contribution in [0.3, 0.4) is 0 Å². The molecule has 0 aliphatic rings. The van der Waals surface area contributed by atoms with Gasteiger partial charge >= 0.3 is 0 Å². The highest BCUT2D eigenvalue weighted by molar-refractivity contribution is 5.77. The van der Waals surface area contributed by atoms with Gasteiger partial charge in [-0.3, -0.25) is 0 Å². The van der Waals surface area contributed by atoms with E-state index in [0.29, 0.717) is 12.5 Å². The van der Waals surface area contributed by atoms with Crippen molar-refractivity contribution in [3.05, 3.63) is 29.8 Å². The predicted molar refractivity (Wildman–Crippen MR) is 88.7 cm³/mol. The zero-order chi connectivity index (χ0) is 15.5. The highest BCUT2D eigenvalue weighted by Gasteiger charge is 1.97. The average Bonchev–Trinajstić information content (AvgIpc) is 2.48. The molecule has 1 aromatic carbocycles. The Hall–Kier alpha value is -1.75. The van der Waals surface area contributed by atoms with Crippen LogP contribution in [0.1, 0.15) is 25.3 Å². The standard InChI is InChI=1S/C16H28N4O/c1-4-10-18-16(17)19-13-14-6-8-15(9-7-14)21-12-5-11-20(2)3/h6-9H,4-5,10-13H2,1-3H3,(H3,17,18,19). The normalized spacial score (nSPS) is 11.7. The first-order valence-corrected chi connectivity index (χ1v) is 7.52. The van der Waals surface area contributed by atoms with Gasteiger partial charge in [0.25, 0.3) is 0 Å². The highest BCUT2D eigenvalue weighted by Crippen LogP contribution is 2.13. The number of rotatable bonds is 9. The van der Waals surface area contributed by atoms with E-state index in [0.717, 1.165) is 43.9 Å². The van der Waals surface area contributed by atoms with Crippen LogP contribution in [-0.4, -0.2) is 44.7 Å². The number of nitrogens with two attached hydrogens (primary N) is 1. The van der Waals surface area contributed by atoms with Gasteiger partial charge in [0.05, 0.1) is 13.2 Å². The Morgan fingerprint density at radius 2 is 2.00 bits per heavy atom. The largest absolute Gasteiger partial charge is 0.494 e. The first-order chi connectivity index (χ1) is 10.1. The second-order valence-corrected chi connectivity index (χ2v) is 5.28. The third-order valence-corrected chi connectivity index (χ3v) is 2.93. The summed E-state index contributed by atoms with van der Waals surface area (Å²) in [6.07, 6.45) is 2.06. The first-order valence-electron chi connectivity index (χ1n) is 7.52. The summed E-state index contributed by atoms with van der Waals surface area (Å²) < 4.78 is 5.69. The molecule has 0 heterocycles. The van der Waals surface area contributed by atoms with E-state index in [1.54, 1.807) is 0 Å². The Bertz CT molecular complexity index is 415. The topological polar surface area (TPSA) is 62.9 Å². The van der Waals surface area contributed by atoms with Gasteiger partial charge in [-0.2, -0.15) is 0 Å². The van der Waals surface area contributed by atoms with Crippen LogP contribution in [0.2, 0.25) is 0 Å². The Labute approximate surface area is 128 Å². The van der Waals surface area contributed by atoms with Gasteiger partial charge in [-0.1, -0.05) is 19.1 Å². The van der Waals surface area contributed by atoms with Crippen LogP contribution in [0.5, 0.6) is 5.75 Å². The maximum Gasteiger partial charge on any atom is 0.188 e. The number of nitrogens with zero attached hydrogens (tertiary/aromatic N) is 2. The molecule has 118 valence electrons. The molecular formula is C16H28N4O. The molecule has 3 N–H and O–H groups in total. The Morgan fingerprint density at radius 3 is 2.62 bits per heavy atom. The molecule has 0 saturated carbocycles. The maximum atomic E-state index is 5.75. The second kappa shape index (κ2) is 10.0. The van der Waals surface area contributed by atoms with Crippen molar-refractivity contribution >= 4 is 5.96 Å². The summed E-state index contributed by atoms with van der Waals surface area (Å²) >= 11 is 0. The summed E-state index contributed by atoms with van der Waals surface area (Å²) in [7, 11) is 4.13. The molecule has 21 heavy (non-hydrogen) atoms. The number of hydrogen-bond donors (Lipinski definition) is 2. The van der Waals surface area contributed by atoms with Crippen molar-refractivity contribution in [2.24, 2.45) is 10.7 Å². The Balaban J connectivity index is 2.33. The minimum absolute atomic E-state index is 0.501. The molecule has 0 amide bonds. The fourth-order valence-corrected chi connectivity index (χ4v) is 1.75. The van der Waals surface area contributed by atoms with Crippen LogP contribution >= 0.6 is 0 Å². The number of nitrogens with one attached hydrogen (secondary N) is 1. The molecule has 0 fully saturated rings. The first kappa shape index (κ1) is 17.3.